The van der Waals surface area contributed by atoms with E-state index in [9.17, 15) is 4.79 Å². The molecule has 9 heteroatoms. The van der Waals surface area contributed by atoms with Gasteiger partial charge in [-0.1, -0.05) is 18.2 Å². The van der Waals surface area contributed by atoms with E-state index in [1.165, 1.54) is 0 Å². The molecule has 3 N–H and O–H groups in total. The average molecular weight is 399 g/mol. The molecule has 1 unspecified atom stereocenters. The highest BCUT2D eigenvalue weighted by Gasteiger charge is 2.22. The van der Waals surface area contributed by atoms with Gasteiger partial charge in [-0.05, 0) is 25.0 Å². The molecule has 0 fully saturated rings. The molecule has 29 heavy (non-hydrogen) atoms. The maximum absolute atomic E-state index is 12.0. The second-order valence-electron chi connectivity index (χ2n) is 6.91. The third-order valence-corrected chi connectivity index (χ3v) is 4.71. The van der Waals surface area contributed by atoms with Gasteiger partial charge in [0.15, 0.2) is 11.8 Å². The molecule has 1 atom stereocenters. The summed E-state index contributed by atoms with van der Waals surface area (Å²) < 4.78 is 7.06. The Labute approximate surface area is 171 Å². The number of hydrogen-bond acceptors (Lipinski definition) is 5. The second-order valence-corrected chi connectivity index (χ2v) is 6.91. The largest absolute Gasteiger partial charge is 0.377 e. The van der Waals surface area contributed by atoms with Gasteiger partial charge < -0.3 is 20.7 Å². The van der Waals surface area contributed by atoms with Crippen LogP contribution in [0, 0.1) is 0 Å². The predicted molar refractivity (Wildman–Crippen MR) is 111 cm³/mol. The van der Waals surface area contributed by atoms with Crippen molar-refractivity contribution in [3.8, 4) is 0 Å². The molecule has 1 aliphatic heterocycles. The van der Waals surface area contributed by atoms with Crippen LogP contribution in [-0.4, -0.2) is 59.9 Å². The molecule has 156 valence electrons. The third-order valence-electron chi connectivity index (χ3n) is 4.71. The minimum absolute atomic E-state index is 0.0493. The third kappa shape index (κ3) is 6.02. The average Bonchev–Trinajstić information content (AvgIpc) is 3.15. The Morgan fingerprint density at radius 1 is 1.28 bits per heavy atom. The molecular formula is C20H29N7O2. The van der Waals surface area contributed by atoms with Crippen LogP contribution in [0.4, 0.5) is 0 Å². The Hall–Kier alpha value is -2.94. The zero-order chi connectivity index (χ0) is 20.5. The Morgan fingerprint density at radius 3 is 2.83 bits per heavy atom. The fourth-order valence-electron chi connectivity index (χ4n) is 3.25. The molecule has 0 bridgehead atoms. The summed E-state index contributed by atoms with van der Waals surface area (Å²) in [5.41, 5.74) is 0.677. The topological polar surface area (TPSA) is 105 Å². The first-order valence-electron chi connectivity index (χ1n) is 9.91. The van der Waals surface area contributed by atoms with Crippen molar-refractivity contribution in [1.82, 2.24) is 30.7 Å². The van der Waals surface area contributed by atoms with E-state index in [1.807, 2.05) is 35.0 Å². The molecule has 0 saturated carbocycles. The molecular weight excluding hydrogens is 370 g/mol. The van der Waals surface area contributed by atoms with Gasteiger partial charge in [-0.2, -0.15) is 5.10 Å². The number of aliphatic imine (C=N–C) groups is 1. The minimum atomic E-state index is -0.0493. The van der Waals surface area contributed by atoms with Gasteiger partial charge in [-0.15, -0.1) is 0 Å². The summed E-state index contributed by atoms with van der Waals surface area (Å²) in [5.74, 6) is 2.44. The Balaban J connectivity index is 1.37. The van der Waals surface area contributed by atoms with Crippen molar-refractivity contribution in [3.05, 3.63) is 47.5 Å². The predicted octanol–water partition coefficient (Wildman–Crippen LogP) is 0.724. The molecule has 0 radical (unpaired) electrons. The van der Waals surface area contributed by atoms with Crippen LogP contribution in [0.25, 0.3) is 0 Å². The Kier molecular flexibility index (Phi) is 7.57. The molecule has 2 heterocycles. The van der Waals surface area contributed by atoms with E-state index in [1.54, 1.807) is 14.2 Å². The molecule has 1 aromatic heterocycles. The number of methoxy groups -OCH3 is 1. The number of nitrogens with one attached hydrogen (secondary N) is 3. The lowest BCUT2D eigenvalue weighted by Gasteiger charge is -2.25. The molecule has 1 aliphatic rings. The van der Waals surface area contributed by atoms with Crippen LogP contribution in [0.2, 0.25) is 0 Å². The summed E-state index contributed by atoms with van der Waals surface area (Å²) in [5, 5.41) is 14.2. The summed E-state index contributed by atoms with van der Waals surface area (Å²) in [4.78, 5) is 20.8. The number of fused-ring (bicyclic) bond motifs is 1. The number of guanidine groups is 1. The first kappa shape index (κ1) is 20.8. The lowest BCUT2D eigenvalue weighted by molar-refractivity contribution is 0.0953. The SMILES string of the molecule is CN=C(NCCCNC(=O)c1ccccc1)NC1CCc2nc(COC)nn2C1. The van der Waals surface area contributed by atoms with Crippen LogP contribution in [0.5, 0.6) is 0 Å². The zero-order valence-electron chi connectivity index (χ0n) is 17.0. The molecule has 1 amide bonds. The lowest BCUT2D eigenvalue weighted by atomic mass is 10.1. The first-order chi connectivity index (χ1) is 14.2. The molecule has 0 saturated heterocycles. The second kappa shape index (κ2) is 10.6. The van der Waals surface area contributed by atoms with Gasteiger partial charge in [0.1, 0.15) is 12.4 Å². The number of benzene rings is 1. The van der Waals surface area contributed by atoms with E-state index >= 15 is 0 Å². The monoisotopic (exact) mass is 399 g/mol. The number of rotatable bonds is 8. The number of aromatic nitrogens is 3. The van der Waals surface area contributed by atoms with Gasteiger partial charge in [0.2, 0.25) is 0 Å². The van der Waals surface area contributed by atoms with Crippen molar-refractivity contribution in [1.29, 1.82) is 0 Å². The smallest absolute Gasteiger partial charge is 0.251 e. The number of nitrogens with zero attached hydrogens (tertiary/aromatic N) is 4. The number of amides is 1. The normalized spacial score (nSPS) is 16.2. The summed E-state index contributed by atoms with van der Waals surface area (Å²) in [7, 11) is 3.40. The molecule has 9 nitrogen and oxygen atoms in total. The maximum Gasteiger partial charge on any atom is 0.251 e. The van der Waals surface area contributed by atoms with Gasteiger partial charge in [0.05, 0.1) is 6.54 Å². The van der Waals surface area contributed by atoms with Crippen molar-refractivity contribution in [2.45, 2.75) is 38.5 Å². The fourth-order valence-corrected chi connectivity index (χ4v) is 3.25. The van der Waals surface area contributed by atoms with Crippen molar-refractivity contribution >= 4 is 11.9 Å². The van der Waals surface area contributed by atoms with E-state index in [-0.39, 0.29) is 11.9 Å². The van der Waals surface area contributed by atoms with E-state index < -0.39 is 0 Å². The number of aryl methyl sites for hydroxylation is 1. The summed E-state index contributed by atoms with van der Waals surface area (Å²) in [6.45, 7) is 2.50. The maximum atomic E-state index is 12.0. The lowest BCUT2D eigenvalue weighted by Crippen LogP contribution is -2.47. The number of hydrogen-bond donors (Lipinski definition) is 3. The van der Waals surface area contributed by atoms with Crippen LogP contribution in [0.15, 0.2) is 35.3 Å². The van der Waals surface area contributed by atoms with E-state index in [0.29, 0.717) is 25.3 Å². The van der Waals surface area contributed by atoms with Crippen molar-refractivity contribution in [2.75, 3.05) is 27.2 Å². The highest BCUT2D eigenvalue weighted by Crippen LogP contribution is 2.13. The van der Waals surface area contributed by atoms with E-state index in [4.69, 9.17) is 4.74 Å². The minimum Gasteiger partial charge on any atom is -0.377 e. The zero-order valence-corrected chi connectivity index (χ0v) is 17.0. The molecule has 1 aromatic carbocycles. The van der Waals surface area contributed by atoms with Gasteiger partial charge in [-0.3, -0.25) is 9.79 Å². The van der Waals surface area contributed by atoms with Crippen LogP contribution < -0.4 is 16.0 Å². The summed E-state index contributed by atoms with van der Waals surface area (Å²) in [6, 6.07) is 9.47. The molecule has 2 aromatic rings. The van der Waals surface area contributed by atoms with Gasteiger partial charge in [0.25, 0.3) is 5.91 Å². The van der Waals surface area contributed by atoms with E-state index in [0.717, 1.165) is 43.4 Å². The van der Waals surface area contributed by atoms with Crippen LogP contribution >= 0.6 is 0 Å². The molecule has 3 rings (SSSR count). The van der Waals surface area contributed by atoms with Crippen molar-refractivity contribution < 1.29 is 9.53 Å². The van der Waals surface area contributed by atoms with Crippen molar-refractivity contribution in [3.63, 3.8) is 0 Å². The van der Waals surface area contributed by atoms with Gasteiger partial charge in [-0.25, -0.2) is 9.67 Å². The van der Waals surface area contributed by atoms with E-state index in [2.05, 4.69) is 31.0 Å². The van der Waals surface area contributed by atoms with Gasteiger partial charge in [0, 0.05) is 45.3 Å². The number of carbonyl (C=O) groups excluding carboxylic acids is 1. The van der Waals surface area contributed by atoms with Crippen molar-refractivity contribution in [2.24, 2.45) is 4.99 Å². The summed E-state index contributed by atoms with van der Waals surface area (Å²) >= 11 is 0. The fraction of sp³-hybridized carbons (Fsp3) is 0.500. The highest BCUT2D eigenvalue weighted by atomic mass is 16.5. The van der Waals surface area contributed by atoms with Crippen LogP contribution in [0.1, 0.15) is 34.8 Å². The molecule has 0 spiro atoms. The Morgan fingerprint density at radius 2 is 2.07 bits per heavy atom. The van der Waals surface area contributed by atoms with Crippen LogP contribution in [-0.2, 0) is 24.3 Å². The Bertz CT molecular complexity index is 819. The van der Waals surface area contributed by atoms with Gasteiger partial charge >= 0.3 is 0 Å². The quantitative estimate of drug-likeness (QED) is 0.343. The number of carbonyl (C=O) groups is 1. The first-order valence-corrected chi connectivity index (χ1v) is 9.91. The molecule has 0 aliphatic carbocycles. The highest BCUT2D eigenvalue weighted by molar-refractivity contribution is 5.94. The van der Waals surface area contributed by atoms with Crippen LogP contribution in [0.3, 0.4) is 0 Å². The number of ether oxygens (including phenoxy) is 1. The standard InChI is InChI=1S/C20H29N7O2/c1-21-20(23-12-6-11-22-19(28)15-7-4-3-5-8-15)24-16-9-10-18-25-17(14-29-2)26-27(18)13-16/h3-5,7-8,16H,6,9-14H2,1-2H3,(H,22,28)(H2,21,23,24). The summed E-state index contributed by atoms with van der Waals surface area (Å²) in [6.07, 6.45) is 2.65.